The summed E-state index contributed by atoms with van der Waals surface area (Å²) in [6.45, 7) is 5.88. The highest BCUT2D eigenvalue weighted by atomic mass is 16.3. The Morgan fingerprint density at radius 3 is 1.70 bits per heavy atom. The van der Waals surface area contributed by atoms with Crippen LogP contribution in [0.15, 0.2) is 97.3 Å². The van der Waals surface area contributed by atoms with Gasteiger partial charge >= 0.3 is 0 Å². The molecule has 0 aliphatic heterocycles. The Bertz CT molecular complexity index is 1390. The standard InChI is InChI=1S/C34H37N2O/c1-26(2)12-4-3-5-13-27-22-30(24-35-20-10-16-28-14-6-8-18-32(28)35)34(37)31(23-27)25-36-21-11-17-29-15-7-9-19-33(29)36/h6-11,14-23,26H,3-5,12-13,24-25H2,1-2H3/q+1/p+1. The first-order chi connectivity index (χ1) is 18.1. The molecule has 188 valence electrons. The van der Waals surface area contributed by atoms with Crippen molar-refractivity contribution >= 4 is 21.8 Å². The Hall–Kier alpha value is -3.72. The zero-order chi connectivity index (χ0) is 25.6. The highest BCUT2D eigenvalue weighted by Gasteiger charge is 2.19. The van der Waals surface area contributed by atoms with E-state index in [1.165, 1.54) is 53.1 Å². The van der Waals surface area contributed by atoms with E-state index in [9.17, 15) is 5.11 Å². The zero-order valence-corrected chi connectivity index (χ0v) is 22.1. The van der Waals surface area contributed by atoms with Crippen LogP contribution in [0.5, 0.6) is 5.75 Å². The SMILES string of the molecule is CC(C)CCCCCc1cc(C[n+]2cccc3ccccc32)c(O)c(C[n+]2cccc3ccccc32)c1. The van der Waals surface area contributed by atoms with Crippen molar-refractivity contribution in [1.82, 2.24) is 0 Å². The van der Waals surface area contributed by atoms with Crippen LogP contribution in [0.4, 0.5) is 0 Å². The van der Waals surface area contributed by atoms with Gasteiger partial charge in [0.2, 0.25) is 11.0 Å². The molecular weight excluding hydrogens is 452 g/mol. The summed E-state index contributed by atoms with van der Waals surface area (Å²) >= 11 is 0. The van der Waals surface area contributed by atoms with Crippen LogP contribution in [0.25, 0.3) is 21.8 Å². The predicted molar refractivity (Wildman–Crippen MR) is 152 cm³/mol. The van der Waals surface area contributed by atoms with Gasteiger partial charge < -0.3 is 5.11 Å². The lowest BCUT2D eigenvalue weighted by atomic mass is 9.98. The van der Waals surface area contributed by atoms with E-state index in [1.54, 1.807) is 0 Å². The Morgan fingerprint density at radius 1 is 0.649 bits per heavy atom. The van der Waals surface area contributed by atoms with Crippen LogP contribution in [0.3, 0.4) is 0 Å². The molecule has 0 radical (unpaired) electrons. The number of aryl methyl sites for hydroxylation is 1. The maximum absolute atomic E-state index is 11.5. The molecule has 0 saturated carbocycles. The van der Waals surface area contributed by atoms with Crippen molar-refractivity contribution in [2.24, 2.45) is 5.92 Å². The monoisotopic (exact) mass is 490 g/mol. The number of aromatic nitrogens is 2. The molecule has 0 saturated heterocycles. The molecule has 2 aromatic heterocycles. The number of hydrogen-bond donors (Lipinski definition) is 1. The maximum atomic E-state index is 11.5. The highest BCUT2D eigenvalue weighted by Crippen LogP contribution is 2.27. The fraction of sp³-hybridized carbons (Fsp3) is 0.294. The van der Waals surface area contributed by atoms with Crippen LogP contribution in [0.2, 0.25) is 0 Å². The van der Waals surface area contributed by atoms with Crippen LogP contribution in [0, 0.1) is 5.92 Å². The van der Waals surface area contributed by atoms with E-state index in [0.717, 1.165) is 23.5 Å². The van der Waals surface area contributed by atoms with Crippen molar-refractivity contribution in [3.8, 4) is 5.75 Å². The fourth-order valence-electron chi connectivity index (χ4n) is 5.36. The zero-order valence-electron chi connectivity index (χ0n) is 22.1. The number of nitrogens with zero attached hydrogens (tertiary/aromatic N) is 2. The van der Waals surface area contributed by atoms with Gasteiger partial charge in [0.1, 0.15) is 5.75 Å². The molecule has 0 aliphatic rings. The summed E-state index contributed by atoms with van der Waals surface area (Å²) < 4.78 is 4.48. The molecule has 3 nitrogen and oxygen atoms in total. The summed E-state index contributed by atoms with van der Waals surface area (Å²) in [6.07, 6.45) is 10.3. The van der Waals surface area contributed by atoms with E-state index in [0.29, 0.717) is 18.8 Å². The number of aromatic hydroxyl groups is 1. The largest absolute Gasteiger partial charge is 0.507 e. The van der Waals surface area contributed by atoms with Gasteiger partial charge in [0.05, 0.1) is 11.1 Å². The first-order valence-electron chi connectivity index (χ1n) is 13.7. The van der Waals surface area contributed by atoms with Gasteiger partial charge in [0.25, 0.3) is 0 Å². The number of benzene rings is 3. The van der Waals surface area contributed by atoms with E-state index < -0.39 is 0 Å². The molecule has 0 spiro atoms. The first kappa shape index (κ1) is 25.0. The third-order valence-electron chi connectivity index (χ3n) is 7.33. The van der Waals surface area contributed by atoms with Crippen molar-refractivity contribution in [3.05, 3.63) is 114 Å². The second kappa shape index (κ2) is 11.6. The smallest absolute Gasteiger partial charge is 0.212 e. The number of pyridine rings is 2. The number of para-hydroxylation sites is 2. The molecule has 0 atom stereocenters. The topological polar surface area (TPSA) is 28.0 Å². The Labute approximate surface area is 220 Å². The minimum absolute atomic E-state index is 0.407. The lowest BCUT2D eigenvalue weighted by molar-refractivity contribution is -0.663. The average molecular weight is 491 g/mol. The van der Waals surface area contributed by atoms with Crippen molar-refractivity contribution in [1.29, 1.82) is 0 Å². The number of unbranched alkanes of at least 4 members (excludes halogenated alkanes) is 2. The number of phenols is 1. The molecule has 0 bridgehead atoms. The molecule has 1 N–H and O–H groups in total. The molecule has 2 heterocycles. The minimum atomic E-state index is 0.407. The van der Waals surface area contributed by atoms with Crippen molar-refractivity contribution in [2.45, 2.75) is 59.0 Å². The number of hydrogen-bond acceptors (Lipinski definition) is 1. The van der Waals surface area contributed by atoms with Gasteiger partial charge in [0, 0.05) is 35.0 Å². The second-order valence-corrected chi connectivity index (χ2v) is 10.6. The fourth-order valence-corrected chi connectivity index (χ4v) is 5.36. The van der Waals surface area contributed by atoms with Gasteiger partial charge in [0.15, 0.2) is 25.5 Å². The highest BCUT2D eigenvalue weighted by molar-refractivity contribution is 5.75. The Morgan fingerprint density at radius 2 is 1.16 bits per heavy atom. The van der Waals surface area contributed by atoms with Crippen molar-refractivity contribution < 1.29 is 14.2 Å². The van der Waals surface area contributed by atoms with Gasteiger partial charge in [-0.2, -0.15) is 9.13 Å². The predicted octanol–water partition coefficient (Wildman–Crippen LogP) is 7.13. The Balaban J connectivity index is 1.48. The first-order valence-corrected chi connectivity index (χ1v) is 13.7. The molecule has 5 aromatic rings. The van der Waals surface area contributed by atoms with Crippen LogP contribution < -0.4 is 9.13 Å². The molecule has 3 aromatic carbocycles. The summed E-state index contributed by atoms with van der Waals surface area (Å²) in [7, 11) is 0. The summed E-state index contributed by atoms with van der Waals surface area (Å²) in [4.78, 5) is 0. The molecule has 0 amide bonds. The van der Waals surface area contributed by atoms with E-state index >= 15 is 0 Å². The van der Waals surface area contributed by atoms with E-state index in [1.807, 2.05) is 0 Å². The maximum Gasteiger partial charge on any atom is 0.212 e. The lowest BCUT2D eigenvalue weighted by Gasteiger charge is -2.12. The summed E-state index contributed by atoms with van der Waals surface area (Å²) in [5.74, 6) is 1.17. The van der Waals surface area contributed by atoms with Crippen molar-refractivity contribution in [3.63, 3.8) is 0 Å². The number of rotatable bonds is 10. The van der Waals surface area contributed by atoms with Crippen LogP contribution >= 0.6 is 0 Å². The van der Waals surface area contributed by atoms with Crippen molar-refractivity contribution in [2.75, 3.05) is 0 Å². The molecule has 0 unspecified atom stereocenters. The van der Waals surface area contributed by atoms with E-state index in [2.05, 4.69) is 120 Å². The second-order valence-electron chi connectivity index (χ2n) is 10.6. The van der Waals surface area contributed by atoms with Crippen LogP contribution in [-0.4, -0.2) is 5.11 Å². The molecule has 5 rings (SSSR count). The summed E-state index contributed by atoms with van der Waals surface area (Å²) in [5.41, 5.74) is 5.63. The van der Waals surface area contributed by atoms with Gasteiger partial charge in [-0.05, 0) is 60.7 Å². The number of fused-ring (bicyclic) bond motifs is 2. The average Bonchev–Trinajstić information content (AvgIpc) is 2.91. The quantitative estimate of drug-likeness (QED) is 0.164. The molecule has 3 heteroatoms. The van der Waals surface area contributed by atoms with Gasteiger partial charge in [-0.15, -0.1) is 0 Å². The minimum Gasteiger partial charge on any atom is -0.507 e. The third-order valence-corrected chi connectivity index (χ3v) is 7.33. The molecule has 37 heavy (non-hydrogen) atoms. The van der Waals surface area contributed by atoms with E-state index in [-0.39, 0.29) is 0 Å². The molecule has 0 fully saturated rings. The molecule has 0 aliphatic carbocycles. The van der Waals surface area contributed by atoms with E-state index in [4.69, 9.17) is 0 Å². The summed E-state index contributed by atoms with van der Waals surface area (Å²) in [6, 6.07) is 29.8. The van der Waals surface area contributed by atoms with Crippen LogP contribution in [-0.2, 0) is 19.5 Å². The normalized spacial score (nSPS) is 11.5. The number of phenolic OH excluding ortho intramolecular Hbond substituents is 1. The van der Waals surface area contributed by atoms with Gasteiger partial charge in [-0.1, -0.05) is 57.4 Å². The lowest BCUT2D eigenvalue weighted by Crippen LogP contribution is -2.36. The van der Waals surface area contributed by atoms with Crippen LogP contribution in [0.1, 0.15) is 56.2 Å². The summed E-state index contributed by atoms with van der Waals surface area (Å²) in [5, 5.41) is 13.9. The Kier molecular flexibility index (Phi) is 7.79. The van der Waals surface area contributed by atoms with Gasteiger partial charge in [-0.3, -0.25) is 0 Å². The third kappa shape index (κ3) is 5.99. The molecular formula is C34H38N2O+2. The van der Waals surface area contributed by atoms with Gasteiger partial charge in [-0.25, -0.2) is 0 Å².